The lowest BCUT2D eigenvalue weighted by Crippen LogP contribution is -2.33. The first kappa shape index (κ1) is 15.1. The molecule has 0 unspecified atom stereocenters. The lowest BCUT2D eigenvalue weighted by atomic mass is 10.2. The lowest BCUT2D eigenvalue weighted by molar-refractivity contribution is -0.140. The Kier molecular flexibility index (Phi) is 4.64. The largest absolute Gasteiger partial charge is 0.468 e. The molecule has 0 radical (unpaired) electrons. The van der Waals surface area contributed by atoms with Gasteiger partial charge in [0.1, 0.15) is 6.54 Å². The van der Waals surface area contributed by atoms with Gasteiger partial charge in [0.05, 0.1) is 23.6 Å². The molecule has 102 valence electrons. The summed E-state index contributed by atoms with van der Waals surface area (Å²) in [6, 6.07) is 6.26. The summed E-state index contributed by atoms with van der Waals surface area (Å²) in [4.78, 5) is 11.1. The van der Waals surface area contributed by atoms with Gasteiger partial charge >= 0.3 is 5.97 Å². The van der Waals surface area contributed by atoms with Gasteiger partial charge in [0.25, 0.3) is 0 Å². The zero-order valence-electron chi connectivity index (χ0n) is 10.9. The number of carbonyl (C=O) groups excluding carboxylic acids is 1. The average Bonchev–Trinajstić information content (AvgIpc) is 2.38. The van der Waals surface area contributed by atoms with Crippen molar-refractivity contribution in [3.63, 3.8) is 0 Å². The third kappa shape index (κ3) is 3.30. The van der Waals surface area contributed by atoms with Crippen molar-refractivity contribution in [2.24, 2.45) is 0 Å². The van der Waals surface area contributed by atoms with Crippen LogP contribution in [0.4, 0.5) is 0 Å². The Morgan fingerprint density at radius 1 is 1.47 bits per heavy atom. The van der Waals surface area contributed by atoms with E-state index >= 15 is 0 Å². The molecule has 6 nitrogen and oxygen atoms in total. The minimum Gasteiger partial charge on any atom is -0.468 e. The van der Waals surface area contributed by atoms with Gasteiger partial charge in [-0.25, -0.2) is 8.42 Å². The summed E-state index contributed by atoms with van der Waals surface area (Å²) in [6.45, 7) is 1.25. The maximum Gasteiger partial charge on any atom is 0.321 e. The third-order valence-corrected chi connectivity index (χ3v) is 4.53. The summed E-state index contributed by atoms with van der Waals surface area (Å²) in [5, 5.41) is 8.81. The van der Waals surface area contributed by atoms with Crippen molar-refractivity contribution in [1.29, 1.82) is 5.26 Å². The second kappa shape index (κ2) is 5.82. The van der Waals surface area contributed by atoms with Crippen LogP contribution in [0.15, 0.2) is 23.1 Å². The van der Waals surface area contributed by atoms with Crippen LogP contribution in [0.25, 0.3) is 0 Å². The molecular weight excluding hydrogens is 268 g/mol. The Balaban J connectivity index is 3.20. The van der Waals surface area contributed by atoms with Crippen molar-refractivity contribution in [3.05, 3.63) is 29.3 Å². The summed E-state index contributed by atoms with van der Waals surface area (Å²) >= 11 is 0. The van der Waals surface area contributed by atoms with E-state index in [9.17, 15) is 13.2 Å². The Labute approximate surface area is 112 Å². The molecule has 0 saturated heterocycles. The van der Waals surface area contributed by atoms with E-state index in [0.717, 1.165) is 4.31 Å². The molecule has 0 bridgehead atoms. The summed E-state index contributed by atoms with van der Waals surface area (Å²) in [5.74, 6) is -0.653. The van der Waals surface area contributed by atoms with Gasteiger partial charge in [-0.2, -0.15) is 9.57 Å². The minimum atomic E-state index is -3.83. The third-order valence-electron chi connectivity index (χ3n) is 2.58. The van der Waals surface area contributed by atoms with Crippen LogP contribution in [0.5, 0.6) is 0 Å². The van der Waals surface area contributed by atoms with Gasteiger partial charge < -0.3 is 4.74 Å². The summed E-state index contributed by atoms with van der Waals surface area (Å²) in [6.07, 6.45) is 0. The Hall–Kier alpha value is -1.91. The monoisotopic (exact) mass is 282 g/mol. The van der Waals surface area contributed by atoms with E-state index in [1.54, 1.807) is 13.0 Å². The van der Waals surface area contributed by atoms with Gasteiger partial charge in [-0.1, -0.05) is 6.07 Å². The number of aryl methyl sites for hydroxylation is 1. The highest BCUT2D eigenvalue weighted by Gasteiger charge is 2.25. The van der Waals surface area contributed by atoms with E-state index in [1.165, 1.54) is 26.3 Å². The van der Waals surface area contributed by atoms with Gasteiger partial charge in [-0.15, -0.1) is 0 Å². The molecule has 0 atom stereocenters. The first-order valence-electron chi connectivity index (χ1n) is 5.37. The minimum absolute atomic E-state index is 0.0120. The number of rotatable bonds is 4. The Morgan fingerprint density at radius 3 is 2.63 bits per heavy atom. The fourth-order valence-corrected chi connectivity index (χ4v) is 2.81. The fourth-order valence-electron chi connectivity index (χ4n) is 1.45. The topological polar surface area (TPSA) is 87.5 Å². The van der Waals surface area contributed by atoms with Gasteiger partial charge in [0.15, 0.2) is 0 Å². The SMILES string of the molecule is COC(=O)CN(C)S(=O)(=O)c1cc(C#N)ccc1C. The molecular formula is C12H14N2O4S. The first-order valence-corrected chi connectivity index (χ1v) is 6.81. The number of methoxy groups -OCH3 is 1. The predicted octanol–water partition coefficient (Wildman–Crippen LogP) is 0.660. The number of esters is 1. The van der Waals surface area contributed by atoms with Crippen LogP contribution in [0.2, 0.25) is 0 Å². The first-order chi connectivity index (χ1) is 8.82. The molecule has 0 saturated carbocycles. The number of nitriles is 1. The van der Waals surface area contributed by atoms with Crippen LogP contribution in [0.3, 0.4) is 0 Å². The number of hydrogen-bond donors (Lipinski definition) is 0. The Bertz CT molecular complexity index is 632. The zero-order valence-corrected chi connectivity index (χ0v) is 11.7. The number of sulfonamides is 1. The number of ether oxygens (including phenoxy) is 1. The summed E-state index contributed by atoms with van der Waals surface area (Å²) < 4.78 is 29.9. The van der Waals surface area contributed by atoms with Gasteiger partial charge in [0.2, 0.25) is 10.0 Å². The van der Waals surface area contributed by atoms with E-state index in [4.69, 9.17) is 5.26 Å². The molecule has 7 heteroatoms. The van der Waals surface area contributed by atoms with Crippen molar-refractivity contribution >= 4 is 16.0 Å². The highest BCUT2D eigenvalue weighted by Crippen LogP contribution is 2.20. The number of hydrogen-bond acceptors (Lipinski definition) is 5. The van der Waals surface area contributed by atoms with Crippen molar-refractivity contribution in [1.82, 2.24) is 4.31 Å². The second-order valence-electron chi connectivity index (χ2n) is 3.93. The van der Waals surface area contributed by atoms with Crippen LogP contribution in [0, 0.1) is 18.3 Å². The number of benzene rings is 1. The molecule has 0 aliphatic carbocycles. The van der Waals surface area contributed by atoms with E-state index in [0.29, 0.717) is 5.56 Å². The molecule has 0 fully saturated rings. The zero-order chi connectivity index (χ0) is 14.6. The van der Waals surface area contributed by atoms with Gasteiger partial charge in [0, 0.05) is 7.05 Å². The van der Waals surface area contributed by atoms with Crippen LogP contribution in [0.1, 0.15) is 11.1 Å². The molecule has 0 spiro atoms. The summed E-state index contributed by atoms with van der Waals surface area (Å²) in [7, 11) is -1.36. The Morgan fingerprint density at radius 2 is 2.11 bits per heavy atom. The highest BCUT2D eigenvalue weighted by atomic mass is 32.2. The molecule has 0 aromatic heterocycles. The number of likely N-dealkylation sites (N-methyl/N-ethyl adjacent to an activating group) is 1. The molecule has 1 aromatic carbocycles. The maximum absolute atomic E-state index is 12.3. The summed E-state index contributed by atoms with van der Waals surface area (Å²) in [5.41, 5.74) is 0.756. The van der Waals surface area contributed by atoms with Gasteiger partial charge in [-0.3, -0.25) is 4.79 Å². The van der Waals surface area contributed by atoms with Crippen LogP contribution in [-0.2, 0) is 19.6 Å². The van der Waals surface area contributed by atoms with Crippen molar-refractivity contribution in [3.8, 4) is 6.07 Å². The molecule has 0 amide bonds. The molecule has 1 aromatic rings. The van der Waals surface area contributed by atoms with Crippen molar-refractivity contribution in [2.75, 3.05) is 20.7 Å². The molecule has 19 heavy (non-hydrogen) atoms. The average molecular weight is 282 g/mol. The number of nitrogens with zero attached hydrogens (tertiary/aromatic N) is 2. The van der Waals surface area contributed by atoms with E-state index in [1.807, 2.05) is 6.07 Å². The predicted molar refractivity (Wildman–Crippen MR) is 67.7 cm³/mol. The second-order valence-corrected chi connectivity index (χ2v) is 5.94. The normalized spacial score (nSPS) is 11.1. The van der Waals surface area contributed by atoms with Crippen LogP contribution in [-0.4, -0.2) is 39.4 Å². The molecule has 0 N–H and O–H groups in total. The lowest BCUT2D eigenvalue weighted by Gasteiger charge is -2.17. The van der Waals surface area contributed by atoms with Crippen LogP contribution < -0.4 is 0 Å². The smallest absolute Gasteiger partial charge is 0.321 e. The van der Waals surface area contributed by atoms with Crippen molar-refractivity contribution in [2.45, 2.75) is 11.8 Å². The quantitative estimate of drug-likeness (QED) is 0.757. The van der Waals surface area contributed by atoms with E-state index in [2.05, 4.69) is 4.74 Å². The van der Waals surface area contributed by atoms with E-state index < -0.39 is 16.0 Å². The maximum atomic E-state index is 12.3. The molecule has 1 rings (SSSR count). The van der Waals surface area contributed by atoms with Gasteiger partial charge in [-0.05, 0) is 24.6 Å². The molecule has 0 aliphatic heterocycles. The van der Waals surface area contributed by atoms with Crippen LogP contribution >= 0.6 is 0 Å². The molecule has 0 aliphatic rings. The number of carbonyl (C=O) groups is 1. The van der Waals surface area contributed by atoms with Crippen molar-refractivity contribution < 1.29 is 17.9 Å². The van der Waals surface area contributed by atoms with E-state index in [-0.39, 0.29) is 17.0 Å². The fraction of sp³-hybridized carbons (Fsp3) is 0.333. The molecule has 0 heterocycles. The standard InChI is InChI=1S/C12H14N2O4S/c1-9-4-5-10(7-13)6-11(9)19(16,17)14(2)8-12(15)18-3/h4-6H,8H2,1-3H3. The highest BCUT2D eigenvalue weighted by molar-refractivity contribution is 7.89.